The summed E-state index contributed by atoms with van der Waals surface area (Å²) in [7, 11) is 1.71. The average molecular weight is 261 g/mol. The van der Waals surface area contributed by atoms with Gasteiger partial charge in [0.25, 0.3) is 0 Å². The van der Waals surface area contributed by atoms with Gasteiger partial charge in [0.1, 0.15) is 12.4 Å². The summed E-state index contributed by atoms with van der Waals surface area (Å²) in [4.78, 5) is 0. The third-order valence-electron chi connectivity index (χ3n) is 2.55. The molecule has 0 radical (unpaired) electrons. The fourth-order valence-electron chi connectivity index (χ4n) is 1.61. The highest BCUT2D eigenvalue weighted by Gasteiger charge is 1.94. The van der Waals surface area contributed by atoms with Gasteiger partial charge in [-0.1, -0.05) is 36.4 Å². The molecule has 19 heavy (non-hydrogen) atoms. The van der Waals surface area contributed by atoms with Crippen LogP contribution in [0.3, 0.4) is 0 Å². The van der Waals surface area contributed by atoms with E-state index in [9.17, 15) is 0 Å². The van der Waals surface area contributed by atoms with Crippen LogP contribution in [0, 0.1) is 0 Å². The third-order valence-corrected chi connectivity index (χ3v) is 2.55. The smallest absolute Gasteiger partial charge is 0.119 e. The van der Waals surface area contributed by atoms with Crippen molar-refractivity contribution in [3.05, 3.63) is 48.1 Å². The van der Waals surface area contributed by atoms with Crippen molar-refractivity contribution >= 4 is 6.08 Å². The minimum absolute atomic E-state index is 0.539. The second-order valence-electron chi connectivity index (χ2n) is 4.33. The normalized spacial score (nSPS) is 11.4. The first-order valence-electron chi connectivity index (χ1n) is 6.47. The van der Waals surface area contributed by atoms with E-state index in [1.54, 1.807) is 13.2 Å². The highest BCUT2D eigenvalue weighted by atomic mass is 16.5. The van der Waals surface area contributed by atoms with Gasteiger partial charge < -0.3 is 14.8 Å². The van der Waals surface area contributed by atoms with Gasteiger partial charge in [-0.25, -0.2) is 0 Å². The zero-order valence-corrected chi connectivity index (χ0v) is 11.8. The number of methoxy groups -OCH3 is 1. The molecule has 1 aromatic rings. The molecule has 104 valence electrons. The predicted octanol–water partition coefficient (Wildman–Crippen LogP) is 2.89. The maximum Gasteiger partial charge on any atom is 0.119 e. The molecule has 0 bridgehead atoms. The predicted molar refractivity (Wildman–Crippen MR) is 80.5 cm³/mol. The number of benzene rings is 1. The van der Waals surface area contributed by atoms with Crippen LogP contribution >= 0.6 is 0 Å². The van der Waals surface area contributed by atoms with E-state index in [1.165, 1.54) is 11.1 Å². The summed E-state index contributed by atoms with van der Waals surface area (Å²) in [5, 5.41) is 3.32. The molecular weight excluding hydrogens is 238 g/mol. The second kappa shape index (κ2) is 9.36. The number of nitrogens with one attached hydrogen (secondary N) is 1. The fraction of sp³-hybridized carbons (Fsp3) is 0.375. The van der Waals surface area contributed by atoms with Gasteiger partial charge in [-0.2, -0.15) is 0 Å². The number of rotatable bonds is 9. The van der Waals surface area contributed by atoms with Gasteiger partial charge >= 0.3 is 0 Å². The quantitative estimate of drug-likeness (QED) is 0.547. The summed E-state index contributed by atoms with van der Waals surface area (Å²) >= 11 is 0. The molecule has 0 heterocycles. The van der Waals surface area contributed by atoms with Crippen LogP contribution in [0.5, 0.6) is 5.75 Å². The Morgan fingerprint density at radius 2 is 2.05 bits per heavy atom. The molecule has 3 heteroatoms. The molecule has 0 saturated carbocycles. The molecule has 3 nitrogen and oxygen atoms in total. The van der Waals surface area contributed by atoms with Crippen LogP contribution < -0.4 is 10.1 Å². The molecule has 0 aromatic heterocycles. The van der Waals surface area contributed by atoms with Gasteiger partial charge in [0.2, 0.25) is 0 Å². The molecule has 0 aliphatic heterocycles. The largest absolute Gasteiger partial charge is 0.490 e. The van der Waals surface area contributed by atoms with Crippen LogP contribution in [0.4, 0.5) is 0 Å². The fourth-order valence-corrected chi connectivity index (χ4v) is 1.61. The molecule has 1 rings (SSSR count). The van der Waals surface area contributed by atoms with Crippen LogP contribution in [0.2, 0.25) is 0 Å². The molecule has 0 amide bonds. The minimum Gasteiger partial charge on any atom is -0.490 e. The summed E-state index contributed by atoms with van der Waals surface area (Å²) in [6, 6.07) is 8.05. The van der Waals surface area contributed by atoms with Gasteiger partial charge in [-0.15, -0.1) is 0 Å². The lowest BCUT2D eigenvalue weighted by molar-refractivity contribution is 0.200. The van der Waals surface area contributed by atoms with Gasteiger partial charge in [-0.3, -0.25) is 0 Å². The maximum absolute atomic E-state index is 5.44. The summed E-state index contributed by atoms with van der Waals surface area (Å²) < 4.78 is 10.4. The van der Waals surface area contributed by atoms with Crippen LogP contribution in [0.25, 0.3) is 6.08 Å². The number of hydrogen-bond donors (Lipinski definition) is 1. The van der Waals surface area contributed by atoms with E-state index in [-0.39, 0.29) is 0 Å². The standard InChI is InChI=1S/C16H23NO2/c1-4-10-19-16-7-5-15(6-8-16)12-14(2)13-17-9-11-18-3/h4-8,12,17H,1,9-11,13H2,2-3H3. The Labute approximate surface area is 115 Å². The van der Waals surface area contributed by atoms with Gasteiger partial charge in [0, 0.05) is 20.2 Å². The molecule has 0 atom stereocenters. The lowest BCUT2D eigenvalue weighted by atomic mass is 10.1. The van der Waals surface area contributed by atoms with Gasteiger partial charge in [0.15, 0.2) is 0 Å². The van der Waals surface area contributed by atoms with E-state index in [0.717, 1.165) is 25.4 Å². The van der Waals surface area contributed by atoms with Crippen molar-refractivity contribution in [2.24, 2.45) is 0 Å². The lowest BCUT2D eigenvalue weighted by Gasteiger charge is -2.06. The van der Waals surface area contributed by atoms with E-state index in [1.807, 2.05) is 12.1 Å². The van der Waals surface area contributed by atoms with E-state index < -0.39 is 0 Å². The molecule has 1 aromatic carbocycles. The molecule has 0 fully saturated rings. The van der Waals surface area contributed by atoms with E-state index in [4.69, 9.17) is 9.47 Å². The van der Waals surface area contributed by atoms with Crippen molar-refractivity contribution in [3.8, 4) is 5.75 Å². The summed E-state index contributed by atoms with van der Waals surface area (Å²) in [6.45, 7) is 8.76. The van der Waals surface area contributed by atoms with Crippen molar-refractivity contribution in [2.45, 2.75) is 6.92 Å². The zero-order chi connectivity index (χ0) is 13.9. The van der Waals surface area contributed by atoms with Gasteiger partial charge in [0.05, 0.1) is 6.61 Å². The second-order valence-corrected chi connectivity index (χ2v) is 4.33. The van der Waals surface area contributed by atoms with Crippen LogP contribution in [-0.2, 0) is 4.74 Å². The van der Waals surface area contributed by atoms with Crippen LogP contribution in [-0.4, -0.2) is 33.4 Å². The molecule has 0 spiro atoms. The number of hydrogen-bond acceptors (Lipinski definition) is 3. The SMILES string of the molecule is C=CCOc1ccc(C=C(C)CNCCOC)cc1. The summed E-state index contributed by atoms with van der Waals surface area (Å²) in [6.07, 6.45) is 3.90. The first kappa shape index (κ1) is 15.5. The zero-order valence-electron chi connectivity index (χ0n) is 11.8. The molecule has 0 unspecified atom stereocenters. The Bertz CT molecular complexity index is 396. The first-order chi connectivity index (χ1) is 9.26. The Morgan fingerprint density at radius 1 is 1.32 bits per heavy atom. The summed E-state index contributed by atoms with van der Waals surface area (Å²) in [5.74, 6) is 0.868. The van der Waals surface area contributed by atoms with Crippen LogP contribution in [0.1, 0.15) is 12.5 Å². The van der Waals surface area contributed by atoms with Gasteiger partial charge in [-0.05, 0) is 24.6 Å². The first-order valence-corrected chi connectivity index (χ1v) is 6.47. The van der Waals surface area contributed by atoms with Crippen molar-refractivity contribution in [1.82, 2.24) is 5.32 Å². The Hall–Kier alpha value is -1.58. The number of ether oxygens (including phenoxy) is 2. The molecule has 0 aliphatic carbocycles. The van der Waals surface area contributed by atoms with E-state index in [0.29, 0.717) is 6.61 Å². The molecule has 1 N–H and O–H groups in total. The van der Waals surface area contributed by atoms with E-state index in [2.05, 4.69) is 37.0 Å². The topological polar surface area (TPSA) is 30.5 Å². The third kappa shape index (κ3) is 6.79. The Kier molecular flexibility index (Phi) is 7.63. The van der Waals surface area contributed by atoms with Crippen molar-refractivity contribution in [3.63, 3.8) is 0 Å². The molecule has 0 aliphatic rings. The highest BCUT2D eigenvalue weighted by molar-refractivity contribution is 5.53. The van der Waals surface area contributed by atoms with Crippen molar-refractivity contribution in [1.29, 1.82) is 0 Å². The van der Waals surface area contributed by atoms with Crippen LogP contribution in [0.15, 0.2) is 42.5 Å². The monoisotopic (exact) mass is 261 g/mol. The Morgan fingerprint density at radius 3 is 2.68 bits per heavy atom. The average Bonchev–Trinajstić information content (AvgIpc) is 2.43. The van der Waals surface area contributed by atoms with E-state index >= 15 is 0 Å². The Balaban J connectivity index is 2.44. The molecule has 0 saturated heterocycles. The summed E-state index contributed by atoms with van der Waals surface area (Å²) in [5.41, 5.74) is 2.47. The minimum atomic E-state index is 0.539. The van der Waals surface area contributed by atoms with Crippen molar-refractivity contribution in [2.75, 3.05) is 33.4 Å². The molecular formula is C16H23NO2. The lowest BCUT2D eigenvalue weighted by Crippen LogP contribution is -2.20. The maximum atomic E-state index is 5.44. The highest BCUT2D eigenvalue weighted by Crippen LogP contribution is 2.14. The van der Waals surface area contributed by atoms with Crippen molar-refractivity contribution < 1.29 is 9.47 Å².